The topological polar surface area (TPSA) is 44.9 Å². The van der Waals surface area contributed by atoms with Crippen molar-refractivity contribution in [3.8, 4) is 0 Å². The van der Waals surface area contributed by atoms with Gasteiger partial charge in [0.15, 0.2) is 0 Å². The van der Waals surface area contributed by atoms with Crippen LogP contribution in [0, 0.1) is 0 Å². The largest absolute Gasteiger partial charge is 0.368 e. The molecule has 0 heterocycles. The highest BCUT2D eigenvalue weighted by atomic mass is 15.5. The summed E-state index contributed by atoms with van der Waals surface area (Å²) in [4.78, 5) is 1.79. The maximum Gasteiger partial charge on any atom is 0.213 e. The van der Waals surface area contributed by atoms with Crippen molar-refractivity contribution in [2.45, 2.75) is 19.9 Å². The first kappa shape index (κ1) is 12.4. The van der Waals surface area contributed by atoms with E-state index in [0.717, 1.165) is 5.69 Å². The second-order valence-corrected chi connectivity index (χ2v) is 4.13. The standard InChI is InChI=1S/C12H20N4/c1-10(2)16(14-12(13)15(3)4)11-8-6-5-7-9-11/h5-10H,1-4H3,(H2,13,14). The maximum absolute atomic E-state index is 5.83. The van der Waals surface area contributed by atoms with Crippen LogP contribution in [-0.2, 0) is 0 Å². The lowest BCUT2D eigenvalue weighted by Gasteiger charge is -2.25. The number of hydrogen-bond acceptors (Lipinski definition) is 2. The second-order valence-electron chi connectivity index (χ2n) is 4.13. The van der Waals surface area contributed by atoms with Gasteiger partial charge in [-0.2, -0.15) is 0 Å². The van der Waals surface area contributed by atoms with Gasteiger partial charge in [-0.25, -0.2) is 0 Å². The van der Waals surface area contributed by atoms with E-state index in [-0.39, 0.29) is 6.04 Å². The smallest absolute Gasteiger partial charge is 0.213 e. The Hall–Kier alpha value is -1.71. The Kier molecular flexibility index (Phi) is 4.17. The molecule has 2 N–H and O–H groups in total. The van der Waals surface area contributed by atoms with Crippen LogP contribution in [0.2, 0.25) is 0 Å². The molecule has 16 heavy (non-hydrogen) atoms. The van der Waals surface area contributed by atoms with Gasteiger partial charge in [-0.15, -0.1) is 5.10 Å². The number of guanidine groups is 1. The van der Waals surface area contributed by atoms with Crippen molar-refractivity contribution in [1.82, 2.24) is 4.90 Å². The third kappa shape index (κ3) is 3.15. The van der Waals surface area contributed by atoms with E-state index >= 15 is 0 Å². The second kappa shape index (κ2) is 5.39. The monoisotopic (exact) mass is 220 g/mol. The predicted octanol–water partition coefficient (Wildman–Crippen LogP) is 1.69. The van der Waals surface area contributed by atoms with Gasteiger partial charge < -0.3 is 10.6 Å². The minimum atomic E-state index is 0.265. The molecular weight excluding hydrogens is 200 g/mol. The Morgan fingerprint density at radius 2 is 1.75 bits per heavy atom. The van der Waals surface area contributed by atoms with Crippen LogP contribution in [0.4, 0.5) is 5.69 Å². The first-order chi connectivity index (χ1) is 7.52. The SMILES string of the molecule is CC(C)N(/N=C(\N)N(C)C)c1ccccc1. The molecule has 1 aromatic rings. The number of hydrogen-bond donors (Lipinski definition) is 1. The van der Waals surface area contributed by atoms with Crippen LogP contribution in [0.15, 0.2) is 35.4 Å². The number of rotatable bonds is 3. The highest BCUT2D eigenvalue weighted by Crippen LogP contribution is 2.16. The first-order valence-corrected chi connectivity index (χ1v) is 5.38. The van der Waals surface area contributed by atoms with Crippen LogP contribution in [-0.4, -0.2) is 31.0 Å². The summed E-state index contributed by atoms with van der Waals surface area (Å²) in [6.07, 6.45) is 0. The molecule has 0 aliphatic rings. The van der Waals surface area contributed by atoms with Crippen molar-refractivity contribution < 1.29 is 0 Å². The van der Waals surface area contributed by atoms with Crippen molar-refractivity contribution in [3.05, 3.63) is 30.3 Å². The molecule has 0 aliphatic heterocycles. The summed E-state index contributed by atoms with van der Waals surface area (Å²) in [5.41, 5.74) is 6.87. The molecule has 1 aromatic carbocycles. The lowest BCUT2D eigenvalue weighted by molar-refractivity contribution is 0.597. The quantitative estimate of drug-likeness (QED) is 0.479. The van der Waals surface area contributed by atoms with Crippen LogP contribution in [0.25, 0.3) is 0 Å². The lowest BCUT2D eigenvalue weighted by atomic mass is 10.3. The molecule has 0 spiro atoms. The zero-order valence-electron chi connectivity index (χ0n) is 10.4. The Morgan fingerprint density at radius 1 is 1.19 bits per heavy atom. The van der Waals surface area contributed by atoms with E-state index in [1.165, 1.54) is 0 Å². The van der Waals surface area contributed by atoms with Crippen LogP contribution in [0.3, 0.4) is 0 Å². The molecule has 0 aliphatic carbocycles. The Bertz CT molecular complexity index is 343. The van der Waals surface area contributed by atoms with Crippen LogP contribution >= 0.6 is 0 Å². The van der Waals surface area contributed by atoms with Crippen molar-refractivity contribution in [3.63, 3.8) is 0 Å². The number of hydrazone groups is 1. The van der Waals surface area contributed by atoms with E-state index in [9.17, 15) is 0 Å². The van der Waals surface area contributed by atoms with Crippen molar-refractivity contribution in [2.75, 3.05) is 19.1 Å². The third-order valence-corrected chi connectivity index (χ3v) is 2.18. The molecule has 0 aromatic heterocycles. The molecule has 0 unspecified atom stereocenters. The van der Waals surface area contributed by atoms with E-state index in [2.05, 4.69) is 18.9 Å². The summed E-state index contributed by atoms with van der Waals surface area (Å²) in [5, 5.41) is 6.31. The zero-order chi connectivity index (χ0) is 12.1. The van der Waals surface area contributed by atoms with Gasteiger partial charge in [-0.1, -0.05) is 18.2 Å². The summed E-state index contributed by atoms with van der Waals surface area (Å²) in [6.45, 7) is 4.17. The molecular formula is C12H20N4. The molecule has 1 rings (SSSR count). The van der Waals surface area contributed by atoms with Gasteiger partial charge in [-0.05, 0) is 26.0 Å². The fourth-order valence-electron chi connectivity index (χ4n) is 1.25. The Morgan fingerprint density at radius 3 is 2.19 bits per heavy atom. The van der Waals surface area contributed by atoms with Gasteiger partial charge in [0.05, 0.1) is 5.69 Å². The Balaban J connectivity index is 2.98. The van der Waals surface area contributed by atoms with E-state index < -0.39 is 0 Å². The number of para-hydroxylation sites is 1. The summed E-state index contributed by atoms with van der Waals surface area (Å²) < 4.78 is 0. The molecule has 0 atom stereocenters. The van der Waals surface area contributed by atoms with Gasteiger partial charge in [0.25, 0.3) is 0 Å². The van der Waals surface area contributed by atoms with Gasteiger partial charge in [0.2, 0.25) is 5.96 Å². The third-order valence-electron chi connectivity index (χ3n) is 2.18. The fraction of sp³-hybridized carbons (Fsp3) is 0.417. The average Bonchev–Trinajstić information content (AvgIpc) is 2.26. The maximum atomic E-state index is 5.83. The number of nitrogens with zero attached hydrogens (tertiary/aromatic N) is 3. The highest BCUT2D eigenvalue weighted by molar-refractivity contribution is 5.78. The van der Waals surface area contributed by atoms with Crippen molar-refractivity contribution >= 4 is 11.6 Å². The van der Waals surface area contributed by atoms with Crippen LogP contribution < -0.4 is 10.7 Å². The molecule has 0 fully saturated rings. The molecule has 4 heteroatoms. The number of nitrogens with two attached hydrogens (primary N) is 1. The van der Waals surface area contributed by atoms with Crippen molar-refractivity contribution in [1.29, 1.82) is 0 Å². The average molecular weight is 220 g/mol. The van der Waals surface area contributed by atoms with Gasteiger partial charge >= 0.3 is 0 Å². The van der Waals surface area contributed by atoms with Gasteiger partial charge in [-0.3, -0.25) is 5.01 Å². The molecule has 0 radical (unpaired) electrons. The molecule has 4 nitrogen and oxygen atoms in total. The lowest BCUT2D eigenvalue weighted by Crippen LogP contribution is -2.36. The number of anilines is 1. The summed E-state index contributed by atoms with van der Waals surface area (Å²) in [5.74, 6) is 0.498. The zero-order valence-corrected chi connectivity index (χ0v) is 10.4. The van der Waals surface area contributed by atoms with Crippen LogP contribution in [0.1, 0.15) is 13.8 Å². The van der Waals surface area contributed by atoms with E-state index in [1.54, 1.807) is 4.90 Å². The van der Waals surface area contributed by atoms with Crippen molar-refractivity contribution in [2.24, 2.45) is 10.8 Å². The first-order valence-electron chi connectivity index (χ1n) is 5.38. The fourth-order valence-corrected chi connectivity index (χ4v) is 1.25. The molecule has 0 amide bonds. The Labute approximate surface area is 97.3 Å². The predicted molar refractivity (Wildman–Crippen MR) is 69.4 cm³/mol. The molecule has 88 valence electrons. The summed E-state index contributed by atoms with van der Waals surface area (Å²) >= 11 is 0. The molecule has 0 saturated carbocycles. The van der Waals surface area contributed by atoms with Crippen LogP contribution in [0.5, 0.6) is 0 Å². The molecule has 0 bridgehead atoms. The van der Waals surface area contributed by atoms with E-state index in [0.29, 0.717) is 5.96 Å². The van der Waals surface area contributed by atoms with Gasteiger partial charge in [0, 0.05) is 20.1 Å². The van der Waals surface area contributed by atoms with E-state index in [4.69, 9.17) is 5.73 Å². The molecule has 0 saturated heterocycles. The normalized spacial score (nSPS) is 11.7. The van der Waals surface area contributed by atoms with E-state index in [1.807, 2.05) is 49.4 Å². The highest BCUT2D eigenvalue weighted by Gasteiger charge is 2.10. The van der Waals surface area contributed by atoms with Gasteiger partial charge in [0.1, 0.15) is 0 Å². The summed E-state index contributed by atoms with van der Waals surface area (Å²) in [7, 11) is 3.75. The minimum Gasteiger partial charge on any atom is -0.368 e. The number of benzene rings is 1. The summed E-state index contributed by atoms with van der Waals surface area (Å²) in [6, 6.07) is 10.3. The minimum absolute atomic E-state index is 0.265.